The molecule has 1 aromatic rings. The molecular formula is C17H20N2O3S. The van der Waals surface area contributed by atoms with Crippen LogP contribution in [0.1, 0.15) is 43.2 Å². The first-order valence-corrected chi connectivity index (χ1v) is 9.63. The van der Waals surface area contributed by atoms with Gasteiger partial charge >= 0.3 is 0 Å². The van der Waals surface area contributed by atoms with Crippen molar-refractivity contribution >= 4 is 15.9 Å². The Morgan fingerprint density at radius 3 is 2.70 bits per heavy atom. The molecule has 3 atom stereocenters. The summed E-state index contributed by atoms with van der Waals surface area (Å²) in [5.41, 5.74) is 0.730. The molecule has 3 rings (SSSR count). The topological polar surface area (TPSA) is 87.0 Å². The van der Waals surface area contributed by atoms with Crippen LogP contribution < -0.4 is 4.72 Å². The van der Waals surface area contributed by atoms with Crippen molar-refractivity contribution in [3.63, 3.8) is 0 Å². The van der Waals surface area contributed by atoms with Crippen molar-refractivity contribution in [1.29, 1.82) is 5.26 Å². The minimum absolute atomic E-state index is 0.292. The van der Waals surface area contributed by atoms with Crippen LogP contribution in [0, 0.1) is 29.1 Å². The number of nitriles is 1. The van der Waals surface area contributed by atoms with Crippen LogP contribution in [-0.2, 0) is 20.6 Å². The molecule has 2 aliphatic rings. The van der Waals surface area contributed by atoms with E-state index in [1.807, 2.05) is 6.07 Å². The van der Waals surface area contributed by atoms with Gasteiger partial charge in [-0.2, -0.15) is 5.26 Å². The number of carbonyl (C=O) groups is 1. The molecule has 6 heteroatoms. The van der Waals surface area contributed by atoms with Gasteiger partial charge in [-0.15, -0.1) is 0 Å². The molecule has 3 unspecified atom stereocenters. The molecule has 1 amide bonds. The summed E-state index contributed by atoms with van der Waals surface area (Å²) in [5, 5.41) is 9.02. The largest absolute Gasteiger partial charge is 0.274 e. The van der Waals surface area contributed by atoms with Crippen LogP contribution in [-0.4, -0.2) is 14.3 Å². The van der Waals surface area contributed by atoms with Crippen molar-refractivity contribution in [3.05, 3.63) is 35.4 Å². The lowest BCUT2D eigenvalue weighted by Crippen LogP contribution is -2.33. The molecule has 0 aliphatic heterocycles. The summed E-state index contributed by atoms with van der Waals surface area (Å²) in [7, 11) is -3.77. The average molecular weight is 332 g/mol. The molecule has 122 valence electrons. The number of nitrogens with one attached hydrogen (secondary N) is 1. The van der Waals surface area contributed by atoms with Crippen LogP contribution >= 0.6 is 0 Å². The zero-order chi connectivity index (χ0) is 16.4. The Hall–Kier alpha value is -1.87. The molecule has 2 aliphatic carbocycles. The van der Waals surface area contributed by atoms with Crippen molar-refractivity contribution in [3.8, 4) is 6.07 Å². The molecule has 2 saturated carbocycles. The molecule has 23 heavy (non-hydrogen) atoms. The number of fused-ring (bicyclic) bond motifs is 2. The zero-order valence-corrected chi connectivity index (χ0v) is 13.7. The van der Waals surface area contributed by atoms with Crippen LogP contribution in [0.4, 0.5) is 0 Å². The second kappa shape index (κ2) is 6.32. The molecule has 0 heterocycles. The van der Waals surface area contributed by atoms with Crippen LogP contribution in [0.3, 0.4) is 0 Å². The monoisotopic (exact) mass is 332 g/mol. The molecule has 1 aromatic carbocycles. The van der Waals surface area contributed by atoms with Crippen molar-refractivity contribution in [2.45, 2.75) is 37.9 Å². The fraction of sp³-hybridized carbons (Fsp3) is 0.529. The zero-order valence-electron chi connectivity index (χ0n) is 12.9. The van der Waals surface area contributed by atoms with E-state index in [4.69, 9.17) is 5.26 Å². The lowest BCUT2D eigenvalue weighted by molar-refractivity contribution is -0.120. The maximum atomic E-state index is 12.2. The molecular weight excluding hydrogens is 312 g/mol. The number of rotatable bonds is 5. The van der Waals surface area contributed by atoms with E-state index in [0.717, 1.165) is 12.3 Å². The quantitative estimate of drug-likeness (QED) is 0.896. The highest BCUT2D eigenvalue weighted by Gasteiger charge is 2.40. The van der Waals surface area contributed by atoms with Crippen molar-refractivity contribution in [2.24, 2.45) is 17.8 Å². The lowest BCUT2D eigenvalue weighted by Gasteiger charge is -2.20. The van der Waals surface area contributed by atoms with Crippen molar-refractivity contribution < 1.29 is 13.2 Å². The van der Waals surface area contributed by atoms with Gasteiger partial charge in [0.15, 0.2) is 0 Å². The first kappa shape index (κ1) is 16.0. The fourth-order valence-corrected chi connectivity index (χ4v) is 5.24. The maximum Gasteiger partial charge on any atom is 0.239 e. The SMILES string of the molecule is N#Cc1ccccc1CS(=O)(=O)NC(=O)CC1CC2CCC1C2. The van der Waals surface area contributed by atoms with E-state index in [1.54, 1.807) is 24.3 Å². The van der Waals surface area contributed by atoms with E-state index < -0.39 is 15.9 Å². The molecule has 2 bridgehead atoms. The minimum atomic E-state index is -3.77. The molecule has 0 spiro atoms. The Morgan fingerprint density at radius 2 is 2.04 bits per heavy atom. The van der Waals surface area contributed by atoms with Crippen molar-refractivity contribution in [1.82, 2.24) is 4.72 Å². The van der Waals surface area contributed by atoms with E-state index >= 15 is 0 Å². The highest BCUT2D eigenvalue weighted by atomic mass is 32.2. The Morgan fingerprint density at radius 1 is 1.26 bits per heavy atom. The predicted molar refractivity (Wildman–Crippen MR) is 85.5 cm³/mol. The summed E-state index contributed by atoms with van der Waals surface area (Å²) in [6.07, 6.45) is 4.97. The molecule has 0 saturated heterocycles. The van der Waals surface area contributed by atoms with Crippen molar-refractivity contribution in [2.75, 3.05) is 0 Å². The molecule has 2 fully saturated rings. The van der Waals surface area contributed by atoms with E-state index in [1.165, 1.54) is 19.3 Å². The number of carbonyl (C=O) groups excluding carboxylic acids is 1. The second-order valence-corrected chi connectivity index (χ2v) is 8.41. The second-order valence-electron chi connectivity index (χ2n) is 6.69. The molecule has 5 nitrogen and oxygen atoms in total. The summed E-state index contributed by atoms with van der Waals surface area (Å²) >= 11 is 0. The Balaban J connectivity index is 1.60. The van der Waals surface area contributed by atoms with Gasteiger partial charge in [0.1, 0.15) is 0 Å². The highest BCUT2D eigenvalue weighted by Crippen LogP contribution is 2.49. The third-order valence-electron chi connectivity index (χ3n) is 5.08. The van der Waals surface area contributed by atoms with Crippen LogP contribution in [0.15, 0.2) is 24.3 Å². The Kier molecular flexibility index (Phi) is 4.40. The fourth-order valence-electron chi connectivity index (χ4n) is 4.08. The predicted octanol–water partition coefficient (Wildman–Crippen LogP) is 2.33. The normalized spacial score (nSPS) is 26.0. The lowest BCUT2D eigenvalue weighted by atomic mass is 9.86. The smallest absolute Gasteiger partial charge is 0.239 e. The van der Waals surface area contributed by atoms with Gasteiger partial charge in [0.25, 0.3) is 0 Å². The third-order valence-corrected chi connectivity index (χ3v) is 6.31. The number of nitrogens with zero attached hydrogens (tertiary/aromatic N) is 1. The molecule has 1 N–H and O–H groups in total. The number of amides is 1. The van der Waals surface area contributed by atoms with E-state index in [9.17, 15) is 13.2 Å². The van der Waals surface area contributed by atoms with Crippen LogP contribution in [0.25, 0.3) is 0 Å². The van der Waals surface area contributed by atoms with Gasteiger partial charge in [-0.05, 0) is 48.6 Å². The maximum absolute atomic E-state index is 12.2. The van der Waals surface area contributed by atoms with Crippen LogP contribution in [0.5, 0.6) is 0 Å². The third kappa shape index (κ3) is 3.73. The van der Waals surface area contributed by atoms with Crippen LogP contribution in [0.2, 0.25) is 0 Å². The Bertz CT molecular complexity index is 751. The number of sulfonamides is 1. The van der Waals surface area contributed by atoms with Gasteiger partial charge in [-0.3, -0.25) is 9.52 Å². The number of hydrogen-bond acceptors (Lipinski definition) is 4. The summed E-state index contributed by atoms with van der Waals surface area (Å²) in [5.74, 6) is 0.885. The van der Waals surface area contributed by atoms with E-state index in [2.05, 4.69) is 4.72 Å². The summed E-state index contributed by atoms with van der Waals surface area (Å²) in [6.45, 7) is 0. The van der Waals surface area contributed by atoms with Gasteiger partial charge in [-0.25, -0.2) is 8.42 Å². The van der Waals surface area contributed by atoms with E-state index in [-0.39, 0.29) is 5.75 Å². The number of benzene rings is 1. The minimum Gasteiger partial charge on any atom is -0.274 e. The van der Waals surface area contributed by atoms with Gasteiger partial charge in [-0.1, -0.05) is 24.6 Å². The average Bonchev–Trinajstić information content (AvgIpc) is 3.09. The number of hydrogen-bond donors (Lipinski definition) is 1. The summed E-state index contributed by atoms with van der Waals surface area (Å²) < 4.78 is 26.5. The van der Waals surface area contributed by atoms with E-state index in [0.29, 0.717) is 29.4 Å². The summed E-state index contributed by atoms with van der Waals surface area (Å²) in [4.78, 5) is 12.1. The van der Waals surface area contributed by atoms with Gasteiger partial charge in [0.05, 0.1) is 17.4 Å². The first-order valence-electron chi connectivity index (χ1n) is 7.98. The van der Waals surface area contributed by atoms with Gasteiger partial charge in [0, 0.05) is 6.42 Å². The Labute approximate surface area is 136 Å². The van der Waals surface area contributed by atoms with Gasteiger partial charge < -0.3 is 0 Å². The molecule has 0 aromatic heterocycles. The first-order chi connectivity index (χ1) is 11.0. The summed E-state index contributed by atoms with van der Waals surface area (Å²) in [6, 6.07) is 8.50. The standard InChI is InChI=1S/C17H20N2O3S/c18-10-14-3-1-2-4-15(14)11-23(21,22)19-17(20)9-16-8-12-5-6-13(16)7-12/h1-4,12-13,16H,5-9,11H2,(H,19,20). The molecule has 0 radical (unpaired) electrons. The van der Waals surface area contributed by atoms with Gasteiger partial charge in [0.2, 0.25) is 15.9 Å². The highest BCUT2D eigenvalue weighted by molar-refractivity contribution is 7.89.